The number of aromatic nitrogens is 1. The molecule has 1 aliphatic rings. The van der Waals surface area contributed by atoms with E-state index in [1.54, 1.807) is 6.07 Å². The molecule has 1 aliphatic heterocycles. The van der Waals surface area contributed by atoms with Crippen LogP contribution in [-0.4, -0.2) is 34.9 Å². The van der Waals surface area contributed by atoms with Crippen molar-refractivity contribution < 1.29 is 4.79 Å². The number of nitrogens with zero attached hydrogens (tertiary/aromatic N) is 1. The molecule has 2 rings (SSSR count). The first-order valence-electron chi connectivity index (χ1n) is 6.42. The number of rotatable bonds is 2. The minimum Gasteiger partial charge on any atom is -0.334 e. The van der Waals surface area contributed by atoms with E-state index in [-0.39, 0.29) is 17.5 Å². The summed E-state index contributed by atoms with van der Waals surface area (Å²) in [5.74, 6) is -0.0383. The molecule has 0 radical (unpaired) electrons. The molecular weight excluding hydrogens is 230 g/mol. The van der Waals surface area contributed by atoms with Crippen molar-refractivity contribution in [2.75, 3.05) is 13.1 Å². The highest BCUT2D eigenvalue weighted by Gasteiger charge is 2.25. The lowest BCUT2D eigenvalue weighted by molar-refractivity contribution is 0.0688. The van der Waals surface area contributed by atoms with Crippen LogP contribution in [0.4, 0.5) is 0 Å². The Balaban J connectivity index is 2.19. The van der Waals surface area contributed by atoms with Gasteiger partial charge in [-0.2, -0.15) is 0 Å². The molecule has 1 unspecified atom stereocenters. The number of carbonyl (C=O) groups excluding carboxylic acids is 1. The Morgan fingerprint density at radius 2 is 2.22 bits per heavy atom. The highest BCUT2D eigenvalue weighted by molar-refractivity contribution is 5.94. The fraction of sp³-hybridized carbons (Fsp3) is 0.538. The lowest BCUT2D eigenvalue weighted by Gasteiger charge is -2.29. The standard InChI is InChI=1S/C13H19N3O2/c14-8-11-4-2-1-3-7-16(11)13(18)10-5-6-12(17)15-9-10/h5-6,9,11H,1-4,7-8,14H2,(H,15,17). The van der Waals surface area contributed by atoms with Crippen LogP contribution < -0.4 is 11.3 Å². The van der Waals surface area contributed by atoms with Gasteiger partial charge in [-0.15, -0.1) is 0 Å². The fourth-order valence-corrected chi connectivity index (χ4v) is 2.40. The largest absolute Gasteiger partial charge is 0.334 e. The minimum atomic E-state index is -0.196. The molecule has 0 spiro atoms. The average molecular weight is 249 g/mol. The van der Waals surface area contributed by atoms with E-state index >= 15 is 0 Å². The number of nitrogens with one attached hydrogen (secondary N) is 1. The van der Waals surface area contributed by atoms with E-state index in [2.05, 4.69) is 4.98 Å². The van der Waals surface area contributed by atoms with Gasteiger partial charge < -0.3 is 15.6 Å². The van der Waals surface area contributed by atoms with E-state index in [4.69, 9.17) is 5.73 Å². The van der Waals surface area contributed by atoms with Gasteiger partial charge in [-0.3, -0.25) is 9.59 Å². The molecule has 18 heavy (non-hydrogen) atoms. The number of pyridine rings is 1. The van der Waals surface area contributed by atoms with Gasteiger partial charge in [0.1, 0.15) is 0 Å². The van der Waals surface area contributed by atoms with E-state index in [1.807, 2.05) is 4.90 Å². The second-order valence-corrected chi connectivity index (χ2v) is 4.68. The molecule has 98 valence electrons. The number of nitrogens with two attached hydrogens (primary N) is 1. The second-order valence-electron chi connectivity index (χ2n) is 4.68. The van der Waals surface area contributed by atoms with Crippen LogP contribution in [0.2, 0.25) is 0 Å². The van der Waals surface area contributed by atoms with Crippen molar-refractivity contribution >= 4 is 5.91 Å². The van der Waals surface area contributed by atoms with Crippen molar-refractivity contribution in [2.24, 2.45) is 5.73 Å². The molecule has 0 aromatic carbocycles. The lowest BCUT2D eigenvalue weighted by atomic mass is 10.1. The molecule has 5 nitrogen and oxygen atoms in total. The normalized spacial score (nSPS) is 20.5. The van der Waals surface area contributed by atoms with Gasteiger partial charge in [-0.25, -0.2) is 0 Å². The Bertz CT molecular complexity index is 449. The SMILES string of the molecule is NCC1CCCCCN1C(=O)c1ccc(=O)[nH]c1. The summed E-state index contributed by atoms with van der Waals surface area (Å²) in [7, 11) is 0. The molecule has 1 saturated heterocycles. The van der Waals surface area contributed by atoms with Gasteiger partial charge in [0.05, 0.1) is 5.56 Å². The summed E-state index contributed by atoms with van der Waals surface area (Å²) < 4.78 is 0. The number of likely N-dealkylation sites (tertiary alicyclic amines) is 1. The van der Waals surface area contributed by atoms with E-state index in [9.17, 15) is 9.59 Å². The molecule has 0 saturated carbocycles. The zero-order valence-corrected chi connectivity index (χ0v) is 10.4. The number of carbonyl (C=O) groups is 1. The zero-order chi connectivity index (χ0) is 13.0. The summed E-state index contributed by atoms with van der Waals surface area (Å²) in [5.41, 5.74) is 6.08. The van der Waals surface area contributed by atoms with Crippen molar-refractivity contribution in [3.8, 4) is 0 Å². The van der Waals surface area contributed by atoms with E-state index in [0.29, 0.717) is 12.1 Å². The molecule has 3 N–H and O–H groups in total. The molecule has 1 fully saturated rings. The van der Waals surface area contributed by atoms with E-state index in [0.717, 1.165) is 32.2 Å². The molecule has 2 heterocycles. The number of hydrogen-bond acceptors (Lipinski definition) is 3. The first-order chi connectivity index (χ1) is 8.72. The minimum absolute atomic E-state index is 0.0383. The van der Waals surface area contributed by atoms with Crippen molar-refractivity contribution in [1.29, 1.82) is 0 Å². The Morgan fingerprint density at radius 3 is 2.89 bits per heavy atom. The van der Waals surface area contributed by atoms with Crippen molar-refractivity contribution in [3.63, 3.8) is 0 Å². The van der Waals surface area contributed by atoms with Gasteiger partial charge in [0.25, 0.3) is 5.91 Å². The van der Waals surface area contributed by atoms with E-state index < -0.39 is 0 Å². The lowest BCUT2D eigenvalue weighted by Crippen LogP contribution is -2.44. The van der Waals surface area contributed by atoms with Crippen LogP contribution in [0.25, 0.3) is 0 Å². The highest BCUT2D eigenvalue weighted by Crippen LogP contribution is 2.18. The summed E-state index contributed by atoms with van der Waals surface area (Å²) in [6.45, 7) is 1.24. The highest BCUT2D eigenvalue weighted by atomic mass is 16.2. The van der Waals surface area contributed by atoms with Gasteiger partial charge in [-0.1, -0.05) is 12.8 Å². The van der Waals surface area contributed by atoms with Crippen LogP contribution in [-0.2, 0) is 0 Å². The predicted molar refractivity (Wildman–Crippen MR) is 69.4 cm³/mol. The number of H-pyrrole nitrogens is 1. The van der Waals surface area contributed by atoms with Gasteiger partial charge in [0, 0.05) is 31.4 Å². The topological polar surface area (TPSA) is 79.2 Å². The Morgan fingerprint density at radius 1 is 1.39 bits per heavy atom. The maximum absolute atomic E-state index is 12.4. The first-order valence-corrected chi connectivity index (χ1v) is 6.42. The molecule has 0 bridgehead atoms. The quantitative estimate of drug-likeness (QED) is 0.810. The van der Waals surface area contributed by atoms with Crippen molar-refractivity contribution in [1.82, 2.24) is 9.88 Å². The molecule has 1 aromatic heterocycles. The van der Waals surface area contributed by atoms with Crippen LogP contribution in [0.15, 0.2) is 23.1 Å². The van der Waals surface area contributed by atoms with Crippen LogP contribution in [0.5, 0.6) is 0 Å². The summed E-state index contributed by atoms with van der Waals surface area (Å²) in [5, 5.41) is 0. The monoisotopic (exact) mass is 249 g/mol. The predicted octanol–water partition coefficient (Wildman–Crippen LogP) is 0.718. The summed E-state index contributed by atoms with van der Waals surface area (Å²) in [6.07, 6.45) is 5.73. The zero-order valence-electron chi connectivity index (χ0n) is 10.4. The van der Waals surface area contributed by atoms with Crippen molar-refractivity contribution in [2.45, 2.75) is 31.7 Å². The van der Waals surface area contributed by atoms with E-state index in [1.165, 1.54) is 12.3 Å². The molecule has 0 aliphatic carbocycles. The second kappa shape index (κ2) is 5.82. The first kappa shape index (κ1) is 12.8. The van der Waals surface area contributed by atoms with Gasteiger partial charge >= 0.3 is 0 Å². The van der Waals surface area contributed by atoms with Crippen LogP contribution in [0, 0.1) is 0 Å². The van der Waals surface area contributed by atoms with Crippen LogP contribution in [0.1, 0.15) is 36.0 Å². The summed E-state index contributed by atoms with van der Waals surface area (Å²) in [4.78, 5) is 27.8. The Labute approximate surface area is 106 Å². The molecule has 5 heteroatoms. The third kappa shape index (κ3) is 2.79. The molecule has 1 aromatic rings. The summed E-state index contributed by atoms with van der Waals surface area (Å²) >= 11 is 0. The maximum atomic E-state index is 12.4. The van der Waals surface area contributed by atoms with Crippen LogP contribution in [0.3, 0.4) is 0 Å². The number of aromatic amines is 1. The van der Waals surface area contributed by atoms with Gasteiger partial charge in [0.2, 0.25) is 5.56 Å². The van der Waals surface area contributed by atoms with Crippen LogP contribution >= 0.6 is 0 Å². The third-order valence-electron chi connectivity index (χ3n) is 3.44. The number of hydrogen-bond donors (Lipinski definition) is 2. The molecular formula is C13H19N3O2. The smallest absolute Gasteiger partial charge is 0.255 e. The van der Waals surface area contributed by atoms with Crippen molar-refractivity contribution in [3.05, 3.63) is 34.2 Å². The Hall–Kier alpha value is -1.62. The maximum Gasteiger partial charge on any atom is 0.255 e. The molecule has 1 amide bonds. The molecule has 1 atom stereocenters. The third-order valence-corrected chi connectivity index (χ3v) is 3.44. The number of amides is 1. The average Bonchev–Trinajstić information content (AvgIpc) is 2.63. The Kier molecular flexibility index (Phi) is 4.15. The van der Waals surface area contributed by atoms with Gasteiger partial charge in [0.15, 0.2) is 0 Å². The fourth-order valence-electron chi connectivity index (χ4n) is 2.40. The van der Waals surface area contributed by atoms with Gasteiger partial charge in [-0.05, 0) is 18.9 Å². The summed E-state index contributed by atoms with van der Waals surface area (Å²) in [6, 6.07) is 3.06.